The average Bonchev–Trinajstić information content (AvgIpc) is 2.78. The first-order chi connectivity index (χ1) is 8.58. The van der Waals surface area contributed by atoms with Crippen molar-refractivity contribution < 1.29 is 4.79 Å². The summed E-state index contributed by atoms with van der Waals surface area (Å²) in [6, 6.07) is 0. The van der Waals surface area contributed by atoms with Gasteiger partial charge >= 0.3 is 0 Å². The summed E-state index contributed by atoms with van der Waals surface area (Å²) < 4.78 is 0. The van der Waals surface area contributed by atoms with E-state index >= 15 is 0 Å². The Morgan fingerprint density at radius 2 is 2.06 bits per heavy atom. The quantitative estimate of drug-likeness (QED) is 0.818. The van der Waals surface area contributed by atoms with Gasteiger partial charge in [0, 0.05) is 11.8 Å². The fourth-order valence-corrected chi connectivity index (χ4v) is 2.45. The van der Waals surface area contributed by atoms with Crippen molar-refractivity contribution in [2.45, 2.75) is 59.3 Å². The molecule has 102 valence electrons. The van der Waals surface area contributed by atoms with E-state index in [2.05, 4.69) is 43.2 Å². The third kappa shape index (κ3) is 4.37. The molecule has 0 unspecified atom stereocenters. The van der Waals surface area contributed by atoms with E-state index in [1.807, 2.05) is 0 Å². The van der Waals surface area contributed by atoms with Gasteiger partial charge in [-0.1, -0.05) is 51.9 Å². The normalized spacial score (nSPS) is 12.7. The van der Waals surface area contributed by atoms with Gasteiger partial charge < -0.3 is 5.32 Å². The fraction of sp³-hybridized carbons (Fsp3) is 0.769. The SMILES string of the molecule is CCCC[C@@H](CC)C(=O)Nc1nnc(C(C)C)s1. The smallest absolute Gasteiger partial charge is 0.229 e. The summed E-state index contributed by atoms with van der Waals surface area (Å²) in [7, 11) is 0. The molecule has 0 aliphatic heterocycles. The molecular weight excluding hydrogens is 246 g/mol. The second kappa shape index (κ2) is 7.46. The average molecular weight is 269 g/mol. The molecule has 5 heteroatoms. The largest absolute Gasteiger partial charge is 0.300 e. The van der Waals surface area contributed by atoms with Crippen LogP contribution in [0.3, 0.4) is 0 Å². The van der Waals surface area contributed by atoms with Gasteiger partial charge in [-0.15, -0.1) is 10.2 Å². The Labute approximate surface area is 113 Å². The molecule has 0 spiro atoms. The number of aromatic nitrogens is 2. The topological polar surface area (TPSA) is 54.9 Å². The standard InChI is InChI=1S/C13H23N3OS/c1-5-7-8-10(6-2)11(17)14-13-16-15-12(18-13)9(3)4/h9-10H,5-8H2,1-4H3,(H,14,16,17)/t10-/m1/s1. The summed E-state index contributed by atoms with van der Waals surface area (Å²) in [5.41, 5.74) is 0. The van der Waals surface area contributed by atoms with Gasteiger partial charge in [-0.25, -0.2) is 0 Å². The highest BCUT2D eigenvalue weighted by Crippen LogP contribution is 2.23. The first-order valence-electron chi connectivity index (χ1n) is 6.72. The van der Waals surface area contributed by atoms with E-state index in [9.17, 15) is 4.79 Å². The van der Waals surface area contributed by atoms with E-state index in [4.69, 9.17) is 0 Å². The Hall–Kier alpha value is -0.970. The highest BCUT2D eigenvalue weighted by molar-refractivity contribution is 7.15. The molecule has 0 radical (unpaired) electrons. The Bertz CT molecular complexity index is 376. The number of carbonyl (C=O) groups excluding carboxylic acids is 1. The van der Waals surface area contributed by atoms with Gasteiger partial charge in [0.15, 0.2) is 0 Å². The highest BCUT2D eigenvalue weighted by atomic mass is 32.1. The van der Waals surface area contributed by atoms with E-state index in [1.54, 1.807) is 0 Å². The predicted molar refractivity (Wildman–Crippen MR) is 75.9 cm³/mol. The number of amides is 1. The van der Waals surface area contributed by atoms with Crippen molar-refractivity contribution in [2.24, 2.45) is 5.92 Å². The van der Waals surface area contributed by atoms with E-state index in [0.717, 1.165) is 30.7 Å². The Morgan fingerprint density at radius 1 is 1.33 bits per heavy atom. The first-order valence-corrected chi connectivity index (χ1v) is 7.54. The van der Waals surface area contributed by atoms with Gasteiger partial charge in [0.1, 0.15) is 5.01 Å². The molecule has 1 aromatic heterocycles. The van der Waals surface area contributed by atoms with Gasteiger partial charge in [0.2, 0.25) is 11.0 Å². The monoisotopic (exact) mass is 269 g/mol. The number of anilines is 1. The zero-order valence-electron chi connectivity index (χ0n) is 11.7. The summed E-state index contributed by atoms with van der Waals surface area (Å²) in [4.78, 5) is 12.1. The van der Waals surface area contributed by atoms with Crippen molar-refractivity contribution >= 4 is 22.4 Å². The van der Waals surface area contributed by atoms with E-state index in [-0.39, 0.29) is 11.8 Å². The second-order valence-corrected chi connectivity index (χ2v) is 5.85. The summed E-state index contributed by atoms with van der Waals surface area (Å²) in [5.74, 6) is 0.531. The molecule has 0 saturated carbocycles. The number of nitrogens with one attached hydrogen (secondary N) is 1. The maximum Gasteiger partial charge on any atom is 0.229 e. The van der Waals surface area contributed by atoms with Crippen LogP contribution in [0.25, 0.3) is 0 Å². The van der Waals surface area contributed by atoms with Crippen LogP contribution in [0, 0.1) is 5.92 Å². The molecule has 0 aromatic carbocycles. The molecule has 1 aromatic rings. The molecule has 1 rings (SSSR count). The minimum atomic E-state index is 0.0809. The van der Waals surface area contributed by atoms with Crippen molar-refractivity contribution in [2.75, 3.05) is 5.32 Å². The van der Waals surface area contributed by atoms with Crippen molar-refractivity contribution in [3.8, 4) is 0 Å². The summed E-state index contributed by atoms with van der Waals surface area (Å²) >= 11 is 1.47. The van der Waals surface area contributed by atoms with Crippen LogP contribution in [0.15, 0.2) is 0 Å². The van der Waals surface area contributed by atoms with Crippen molar-refractivity contribution in [3.05, 3.63) is 5.01 Å². The third-order valence-electron chi connectivity index (χ3n) is 2.93. The maximum absolute atomic E-state index is 12.1. The first kappa shape index (κ1) is 15.1. The van der Waals surface area contributed by atoms with Crippen LogP contribution in [0.1, 0.15) is 64.3 Å². The zero-order valence-corrected chi connectivity index (χ0v) is 12.5. The lowest BCUT2D eigenvalue weighted by Crippen LogP contribution is -2.22. The number of rotatable bonds is 7. The van der Waals surface area contributed by atoms with Crippen molar-refractivity contribution in [1.82, 2.24) is 10.2 Å². The number of carbonyl (C=O) groups is 1. The lowest BCUT2D eigenvalue weighted by atomic mass is 9.99. The van der Waals surface area contributed by atoms with Crippen LogP contribution >= 0.6 is 11.3 Å². The van der Waals surface area contributed by atoms with E-state index in [1.165, 1.54) is 11.3 Å². The van der Waals surface area contributed by atoms with Gasteiger partial charge in [-0.05, 0) is 12.8 Å². The number of hydrogen-bond donors (Lipinski definition) is 1. The van der Waals surface area contributed by atoms with Crippen molar-refractivity contribution in [3.63, 3.8) is 0 Å². The van der Waals surface area contributed by atoms with Crippen LogP contribution in [-0.2, 0) is 4.79 Å². The third-order valence-corrected chi connectivity index (χ3v) is 4.07. The molecule has 0 aliphatic carbocycles. The zero-order chi connectivity index (χ0) is 13.5. The minimum Gasteiger partial charge on any atom is -0.300 e. The number of hydrogen-bond acceptors (Lipinski definition) is 4. The van der Waals surface area contributed by atoms with Gasteiger partial charge in [0.05, 0.1) is 0 Å². The molecule has 1 atom stereocenters. The molecule has 0 saturated heterocycles. The van der Waals surface area contributed by atoms with Gasteiger partial charge in [-0.2, -0.15) is 0 Å². The molecule has 18 heavy (non-hydrogen) atoms. The Morgan fingerprint density at radius 3 is 2.56 bits per heavy atom. The van der Waals surface area contributed by atoms with Crippen molar-refractivity contribution in [1.29, 1.82) is 0 Å². The molecule has 1 N–H and O–H groups in total. The summed E-state index contributed by atoms with van der Waals surface area (Å²) in [6.07, 6.45) is 4.05. The Balaban J connectivity index is 2.56. The van der Waals surface area contributed by atoms with Crippen LogP contribution in [0.4, 0.5) is 5.13 Å². The molecular formula is C13H23N3OS. The number of nitrogens with zero attached hydrogens (tertiary/aromatic N) is 2. The summed E-state index contributed by atoms with van der Waals surface area (Å²) in [6.45, 7) is 8.34. The minimum absolute atomic E-state index is 0.0809. The predicted octanol–water partition coefficient (Wildman–Crippen LogP) is 3.82. The molecule has 0 bridgehead atoms. The summed E-state index contributed by atoms with van der Waals surface area (Å²) in [5, 5.41) is 12.6. The molecule has 4 nitrogen and oxygen atoms in total. The molecule has 1 amide bonds. The van der Waals surface area contributed by atoms with E-state index in [0.29, 0.717) is 11.0 Å². The number of unbranched alkanes of at least 4 members (excludes halogenated alkanes) is 1. The van der Waals surface area contributed by atoms with Crippen LogP contribution in [0.2, 0.25) is 0 Å². The maximum atomic E-state index is 12.1. The van der Waals surface area contributed by atoms with Crippen LogP contribution in [-0.4, -0.2) is 16.1 Å². The van der Waals surface area contributed by atoms with Crippen LogP contribution in [0.5, 0.6) is 0 Å². The van der Waals surface area contributed by atoms with E-state index < -0.39 is 0 Å². The molecule has 0 aliphatic rings. The molecule has 1 heterocycles. The van der Waals surface area contributed by atoms with Gasteiger partial charge in [0.25, 0.3) is 0 Å². The van der Waals surface area contributed by atoms with Gasteiger partial charge in [-0.3, -0.25) is 4.79 Å². The second-order valence-electron chi connectivity index (χ2n) is 4.84. The lowest BCUT2D eigenvalue weighted by Gasteiger charge is -2.12. The van der Waals surface area contributed by atoms with Crippen LogP contribution < -0.4 is 5.32 Å². The highest BCUT2D eigenvalue weighted by Gasteiger charge is 2.18. The Kier molecular flexibility index (Phi) is 6.25. The fourth-order valence-electron chi connectivity index (χ4n) is 1.70. The molecule has 0 fully saturated rings. The lowest BCUT2D eigenvalue weighted by molar-refractivity contribution is -0.120.